The predicted octanol–water partition coefficient (Wildman–Crippen LogP) is 2.22. The summed E-state index contributed by atoms with van der Waals surface area (Å²) in [5.41, 5.74) is 11.2. The third-order valence-corrected chi connectivity index (χ3v) is 2.86. The van der Waals surface area contributed by atoms with Crippen molar-refractivity contribution in [2.75, 3.05) is 6.54 Å². The molecule has 1 atom stereocenters. The van der Waals surface area contributed by atoms with Crippen LogP contribution in [0.25, 0.3) is 0 Å². The van der Waals surface area contributed by atoms with Crippen LogP contribution in [-0.2, 0) is 0 Å². The van der Waals surface area contributed by atoms with Crippen molar-refractivity contribution >= 4 is 34.0 Å². The number of nitrogens with zero attached hydrogens (tertiary/aromatic N) is 1. The van der Waals surface area contributed by atoms with Gasteiger partial charge in [-0.05, 0) is 25.5 Å². The second kappa shape index (κ2) is 7.52. The van der Waals surface area contributed by atoms with Crippen molar-refractivity contribution in [1.82, 2.24) is 0 Å². The van der Waals surface area contributed by atoms with Crippen molar-refractivity contribution in [2.45, 2.75) is 18.9 Å². The van der Waals surface area contributed by atoms with E-state index in [1.807, 2.05) is 0 Å². The second-order valence-electron chi connectivity index (χ2n) is 3.66. The Labute approximate surface area is 119 Å². The van der Waals surface area contributed by atoms with Crippen LogP contribution in [0.3, 0.4) is 0 Å². The van der Waals surface area contributed by atoms with E-state index in [2.05, 4.69) is 15.9 Å². The summed E-state index contributed by atoms with van der Waals surface area (Å²) in [6.07, 6.45) is 1.26. The monoisotopic (exact) mass is 339 g/mol. The summed E-state index contributed by atoms with van der Waals surface area (Å²) < 4.78 is 0.514. The third kappa shape index (κ3) is 4.09. The van der Waals surface area contributed by atoms with Gasteiger partial charge in [-0.1, -0.05) is 15.9 Å². The molecule has 0 amide bonds. The summed E-state index contributed by atoms with van der Waals surface area (Å²) in [4.78, 5) is 10.1. The number of nitrogens with two attached hydrogens (primary N) is 2. The Morgan fingerprint density at radius 2 is 2.11 bits per heavy atom. The lowest BCUT2D eigenvalue weighted by Crippen LogP contribution is -2.13. The zero-order valence-electron chi connectivity index (χ0n) is 9.51. The van der Waals surface area contributed by atoms with Crippen molar-refractivity contribution in [2.24, 2.45) is 11.5 Å². The minimum absolute atomic E-state index is 0. The van der Waals surface area contributed by atoms with E-state index in [1.54, 1.807) is 6.07 Å². The molecule has 0 aliphatic carbocycles. The smallest absolute Gasteiger partial charge is 0.312 e. The van der Waals surface area contributed by atoms with Gasteiger partial charge in [0.15, 0.2) is 5.75 Å². The van der Waals surface area contributed by atoms with Gasteiger partial charge in [0.1, 0.15) is 0 Å². The largest absolute Gasteiger partial charge is 0.502 e. The van der Waals surface area contributed by atoms with Gasteiger partial charge in [0.25, 0.3) is 0 Å². The van der Waals surface area contributed by atoms with E-state index in [0.717, 1.165) is 0 Å². The fraction of sp³-hybridized carbons (Fsp3) is 0.400. The van der Waals surface area contributed by atoms with E-state index in [9.17, 15) is 15.2 Å². The van der Waals surface area contributed by atoms with Crippen molar-refractivity contribution in [3.63, 3.8) is 0 Å². The second-order valence-corrected chi connectivity index (χ2v) is 4.57. The lowest BCUT2D eigenvalue weighted by atomic mass is 10.0. The maximum absolute atomic E-state index is 10.7. The first kappa shape index (κ1) is 17.1. The van der Waals surface area contributed by atoms with Gasteiger partial charge in [-0.15, -0.1) is 12.4 Å². The van der Waals surface area contributed by atoms with Gasteiger partial charge in [0.05, 0.1) is 4.92 Å². The lowest BCUT2D eigenvalue weighted by Gasteiger charge is -2.13. The molecule has 1 rings (SSSR count). The zero-order valence-corrected chi connectivity index (χ0v) is 11.9. The highest BCUT2D eigenvalue weighted by atomic mass is 79.9. The molecule has 0 aliphatic heterocycles. The molecule has 102 valence electrons. The summed E-state index contributed by atoms with van der Waals surface area (Å²) in [7, 11) is 0. The van der Waals surface area contributed by atoms with E-state index in [-0.39, 0.29) is 23.8 Å². The number of phenolic OH excluding ortho intramolecular Hbond substituents is 1. The zero-order chi connectivity index (χ0) is 13.0. The van der Waals surface area contributed by atoms with Crippen LogP contribution in [0, 0.1) is 10.1 Å². The standard InChI is InChI=1S/C10H14BrN3O3.ClH/c11-6-4-7(8(13)2-1-3-12)10(15)9(5-6)14(16)17;/h4-5,8,15H,1-3,12-13H2;1H/t8-;/m1./s1. The molecule has 0 saturated carbocycles. The lowest BCUT2D eigenvalue weighted by molar-refractivity contribution is -0.386. The normalized spacial score (nSPS) is 11.7. The maximum atomic E-state index is 10.7. The van der Waals surface area contributed by atoms with Gasteiger partial charge in [0, 0.05) is 22.1 Å². The number of aromatic hydroxyl groups is 1. The van der Waals surface area contributed by atoms with Gasteiger partial charge < -0.3 is 16.6 Å². The number of hydrogen-bond donors (Lipinski definition) is 3. The Balaban J connectivity index is 0.00000289. The van der Waals surface area contributed by atoms with Gasteiger partial charge in [-0.3, -0.25) is 10.1 Å². The molecule has 18 heavy (non-hydrogen) atoms. The Bertz CT molecular complexity index is 431. The SMILES string of the molecule is Cl.NCCC[C@@H](N)c1cc(Br)cc([N+](=O)[O-])c1O. The molecule has 5 N–H and O–H groups in total. The fourth-order valence-corrected chi connectivity index (χ4v) is 1.98. The summed E-state index contributed by atoms with van der Waals surface area (Å²) >= 11 is 3.16. The Morgan fingerprint density at radius 1 is 1.50 bits per heavy atom. The van der Waals surface area contributed by atoms with Crippen molar-refractivity contribution in [1.29, 1.82) is 0 Å². The summed E-state index contributed by atoms with van der Waals surface area (Å²) in [6, 6.07) is 2.37. The average Bonchev–Trinajstić information content (AvgIpc) is 2.28. The maximum Gasteiger partial charge on any atom is 0.312 e. The first-order valence-electron chi connectivity index (χ1n) is 5.09. The van der Waals surface area contributed by atoms with Crippen molar-refractivity contribution < 1.29 is 10.0 Å². The van der Waals surface area contributed by atoms with Crippen LogP contribution >= 0.6 is 28.3 Å². The quantitative estimate of drug-likeness (QED) is 0.561. The first-order valence-corrected chi connectivity index (χ1v) is 5.89. The minimum Gasteiger partial charge on any atom is -0.502 e. The van der Waals surface area contributed by atoms with Gasteiger partial charge in [0.2, 0.25) is 0 Å². The molecule has 1 aromatic carbocycles. The van der Waals surface area contributed by atoms with Crippen LogP contribution < -0.4 is 11.5 Å². The summed E-state index contributed by atoms with van der Waals surface area (Å²) in [5, 5.41) is 20.5. The Hall–Kier alpha value is -0.890. The van der Waals surface area contributed by atoms with Crippen molar-refractivity contribution in [3.05, 3.63) is 32.3 Å². The molecular weight excluding hydrogens is 325 g/mol. The van der Waals surface area contributed by atoms with E-state index in [4.69, 9.17) is 11.5 Å². The molecule has 1 aromatic rings. The topological polar surface area (TPSA) is 115 Å². The number of nitro benzene ring substituents is 1. The molecule has 0 unspecified atom stereocenters. The average molecular weight is 341 g/mol. The molecule has 0 radical (unpaired) electrons. The molecule has 0 aliphatic rings. The fourth-order valence-electron chi connectivity index (χ4n) is 1.52. The highest BCUT2D eigenvalue weighted by molar-refractivity contribution is 9.10. The van der Waals surface area contributed by atoms with Crippen LogP contribution in [0.15, 0.2) is 16.6 Å². The molecular formula is C10H15BrClN3O3. The van der Waals surface area contributed by atoms with E-state index in [1.165, 1.54) is 6.07 Å². The van der Waals surface area contributed by atoms with Crippen LogP contribution in [0.4, 0.5) is 5.69 Å². The molecule has 0 spiro atoms. The number of rotatable bonds is 5. The number of phenols is 1. The molecule has 6 nitrogen and oxygen atoms in total. The Morgan fingerprint density at radius 3 is 2.61 bits per heavy atom. The van der Waals surface area contributed by atoms with Gasteiger partial charge in [-0.2, -0.15) is 0 Å². The molecule has 0 heterocycles. The Kier molecular flexibility index (Phi) is 7.15. The number of benzene rings is 1. The molecule has 0 saturated heterocycles. The number of halogens is 2. The third-order valence-electron chi connectivity index (χ3n) is 2.40. The number of nitro groups is 1. The molecule has 0 fully saturated rings. The predicted molar refractivity (Wildman–Crippen MR) is 74.9 cm³/mol. The molecule has 0 bridgehead atoms. The minimum atomic E-state index is -0.640. The van der Waals surface area contributed by atoms with Gasteiger partial charge >= 0.3 is 5.69 Å². The van der Waals surface area contributed by atoms with Crippen LogP contribution in [0.1, 0.15) is 24.4 Å². The van der Waals surface area contributed by atoms with E-state index < -0.39 is 11.0 Å². The summed E-state index contributed by atoms with van der Waals surface area (Å²) in [5.74, 6) is -0.372. The van der Waals surface area contributed by atoms with Crippen LogP contribution in [0.2, 0.25) is 0 Å². The van der Waals surface area contributed by atoms with E-state index in [0.29, 0.717) is 29.4 Å². The van der Waals surface area contributed by atoms with E-state index >= 15 is 0 Å². The summed E-state index contributed by atoms with van der Waals surface area (Å²) in [6.45, 7) is 0.491. The molecule has 8 heteroatoms. The highest BCUT2D eigenvalue weighted by Crippen LogP contribution is 2.37. The number of hydrogen-bond acceptors (Lipinski definition) is 5. The van der Waals surface area contributed by atoms with Crippen LogP contribution in [-0.4, -0.2) is 16.6 Å². The molecule has 0 aromatic heterocycles. The van der Waals surface area contributed by atoms with Crippen molar-refractivity contribution in [3.8, 4) is 5.75 Å². The highest BCUT2D eigenvalue weighted by Gasteiger charge is 2.21. The first-order chi connectivity index (χ1) is 7.97. The van der Waals surface area contributed by atoms with Gasteiger partial charge in [-0.25, -0.2) is 0 Å². The van der Waals surface area contributed by atoms with Crippen LogP contribution in [0.5, 0.6) is 5.75 Å².